The molecule has 0 bridgehead atoms. The Balaban J connectivity index is 1.18. The lowest BCUT2D eigenvalue weighted by Crippen LogP contribution is -2.28. The van der Waals surface area contributed by atoms with Gasteiger partial charge in [-0.3, -0.25) is 0 Å². The van der Waals surface area contributed by atoms with Gasteiger partial charge in [-0.2, -0.15) is 0 Å². The van der Waals surface area contributed by atoms with Gasteiger partial charge in [0.15, 0.2) is 0 Å². The van der Waals surface area contributed by atoms with Crippen LogP contribution in [0.1, 0.15) is 74.3 Å². The quantitative estimate of drug-likeness (QED) is 0.563. The van der Waals surface area contributed by atoms with E-state index in [9.17, 15) is 4.79 Å². The lowest BCUT2D eigenvalue weighted by molar-refractivity contribution is -0.0214. The molecule has 0 saturated heterocycles. The summed E-state index contributed by atoms with van der Waals surface area (Å²) in [6.07, 6.45) is 7.55. The Hall–Kier alpha value is -2.29. The zero-order chi connectivity index (χ0) is 19.2. The van der Waals surface area contributed by atoms with Gasteiger partial charge >= 0.3 is 6.16 Å². The Labute approximate surface area is 168 Å². The SMILES string of the molecule is O=C(OC1CCC(c2ccccc2)CC1)OC1CCC(c2ccccc2)CC1. The number of carbonyl (C=O) groups is 1. The number of ether oxygens (including phenoxy) is 2. The van der Waals surface area contributed by atoms with Gasteiger partial charge in [0.2, 0.25) is 0 Å². The molecule has 2 fully saturated rings. The molecule has 3 nitrogen and oxygen atoms in total. The molecule has 4 rings (SSSR count). The average molecular weight is 379 g/mol. The van der Waals surface area contributed by atoms with E-state index in [4.69, 9.17) is 9.47 Å². The molecule has 2 aliphatic carbocycles. The van der Waals surface area contributed by atoms with Crippen molar-refractivity contribution >= 4 is 6.16 Å². The second-order valence-electron chi connectivity index (χ2n) is 8.25. The molecule has 0 aliphatic heterocycles. The van der Waals surface area contributed by atoms with Crippen molar-refractivity contribution in [1.29, 1.82) is 0 Å². The monoisotopic (exact) mass is 378 g/mol. The first-order valence-corrected chi connectivity index (χ1v) is 10.7. The van der Waals surface area contributed by atoms with Crippen LogP contribution in [0.3, 0.4) is 0 Å². The van der Waals surface area contributed by atoms with Gasteiger partial charge in [-0.25, -0.2) is 4.79 Å². The van der Waals surface area contributed by atoms with E-state index in [0.29, 0.717) is 11.8 Å². The van der Waals surface area contributed by atoms with E-state index in [1.807, 2.05) is 0 Å². The van der Waals surface area contributed by atoms with E-state index >= 15 is 0 Å². The van der Waals surface area contributed by atoms with Gasteiger partial charge < -0.3 is 9.47 Å². The van der Waals surface area contributed by atoms with Gasteiger partial charge in [-0.1, -0.05) is 60.7 Å². The summed E-state index contributed by atoms with van der Waals surface area (Å²) in [7, 11) is 0. The molecule has 0 N–H and O–H groups in total. The number of hydrogen-bond donors (Lipinski definition) is 0. The van der Waals surface area contributed by atoms with Crippen molar-refractivity contribution < 1.29 is 14.3 Å². The van der Waals surface area contributed by atoms with Crippen molar-refractivity contribution in [2.45, 2.75) is 75.4 Å². The Bertz CT molecular complexity index is 663. The topological polar surface area (TPSA) is 35.5 Å². The summed E-state index contributed by atoms with van der Waals surface area (Å²) in [6, 6.07) is 21.3. The van der Waals surface area contributed by atoms with Crippen molar-refractivity contribution in [3.8, 4) is 0 Å². The standard InChI is InChI=1S/C25H30O3/c26-25(27-23-15-11-21(12-16-23)19-7-3-1-4-8-19)28-24-17-13-22(14-18-24)20-9-5-2-6-10-20/h1-10,21-24H,11-18H2. The van der Waals surface area contributed by atoms with Crippen LogP contribution in [-0.2, 0) is 9.47 Å². The fourth-order valence-corrected chi connectivity index (χ4v) is 4.78. The fraction of sp³-hybridized carbons (Fsp3) is 0.480. The molecule has 2 aromatic carbocycles. The third-order valence-corrected chi connectivity index (χ3v) is 6.42. The van der Waals surface area contributed by atoms with Crippen LogP contribution >= 0.6 is 0 Å². The molecule has 148 valence electrons. The van der Waals surface area contributed by atoms with Crippen LogP contribution in [0.2, 0.25) is 0 Å². The minimum absolute atomic E-state index is 0.00752. The summed E-state index contributed by atoms with van der Waals surface area (Å²) >= 11 is 0. The first-order valence-electron chi connectivity index (χ1n) is 10.7. The van der Waals surface area contributed by atoms with Crippen LogP contribution in [0.5, 0.6) is 0 Å². The molecule has 3 heteroatoms. The largest absolute Gasteiger partial charge is 0.508 e. The van der Waals surface area contributed by atoms with Gasteiger partial charge in [-0.15, -0.1) is 0 Å². The first kappa shape index (κ1) is 19.0. The highest BCUT2D eigenvalue weighted by molar-refractivity contribution is 5.60. The average Bonchev–Trinajstić information content (AvgIpc) is 2.76. The van der Waals surface area contributed by atoms with Crippen LogP contribution in [-0.4, -0.2) is 18.4 Å². The third-order valence-electron chi connectivity index (χ3n) is 6.42. The molecule has 0 radical (unpaired) electrons. The van der Waals surface area contributed by atoms with E-state index in [1.165, 1.54) is 11.1 Å². The van der Waals surface area contributed by atoms with Crippen LogP contribution in [0.15, 0.2) is 60.7 Å². The third kappa shape index (κ3) is 4.95. The summed E-state index contributed by atoms with van der Waals surface area (Å²) in [4.78, 5) is 12.2. The fourth-order valence-electron chi connectivity index (χ4n) is 4.78. The number of rotatable bonds is 4. The second kappa shape index (κ2) is 9.27. The number of benzene rings is 2. The van der Waals surface area contributed by atoms with Crippen molar-refractivity contribution in [1.82, 2.24) is 0 Å². The van der Waals surface area contributed by atoms with Crippen LogP contribution < -0.4 is 0 Å². The summed E-state index contributed by atoms with van der Waals surface area (Å²) in [5.41, 5.74) is 2.80. The molecule has 0 spiro atoms. The molecule has 28 heavy (non-hydrogen) atoms. The second-order valence-corrected chi connectivity index (χ2v) is 8.25. The van der Waals surface area contributed by atoms with E-state index in [2.05, 4.69) is 60.7 Å². The maximum atomic E-state index is 12.2. The lowest BCUT2D eigenvalue weighted by atomic mass is 9.83. The predicted molar refractivity (Wildman–Crippen MR) is 110 cm³/mol. The summed E-state index contributed by atoms with van der Waals surface area (Å²) in [6.45, 7) is 0. The zero-order valence-electron chi connectivity index (χ0n) is 16.5. The number of carbonyl (C=O) groups excluding carboxylic acids is 1. The Morgan fingerprint density at radius 2 is 0.929 bits per heavy atom. The van der Waals surface area contributed by atoms with Crippen LogP contribution in [0.25, 0.3) is 0 Å². The molecule has 0 unspecified atom stereocenters. The molecule has 0 amide bonds. The Morgan fingerprint density at radius 1 is 0.571 bits per heavy atom. The lowest BCUT2D eigenvalue weighted by Gasteiger charge is -2.30. The Kier molecular flexibility index (Phi) is 6.31. The predicted octanol–water partition coefficient (Wildman–Crippen LogP) is 6.59. The summed E-state index contributed by atoms with van der Waals surface area (Å²) < 4.78 is 11.3. The van der Waals surface area contributed by atoms with Crippen LogP contribution in [0.4, 0.5) is 4.79 Å². The molecule has 2 aromatic rings. The van der Waals surface area contributed by atoms with E-state index < -0.39 is 6.16 Å². The molecule has 0 heterocycles. The molecule has 0 aromatic heterocycles. The van der Waals surface area contributed by atoms with Gasteiger partial charge in [-0.05, 0) is 74.3 Å². The molecular formula is C25H30O3. The van der Waals surface area contributed by atoms with Crippen molar-refractivity contribution in [3.05, 3.63) is 71.8 Å². The highest BCUT2D eigenvalue weighted by Crippen LogP contribution is 2.36. The highest BCUT2D eigenvalue weighted by atomic mass is 16.7. The molecule has 0 atom stereocenters. The minimum atomic E-state index is -0.466. The number of hydrogen-bond acceptors (Lipinski definition) is 3. The zero-order valence-corrected chi connectivity index (χ0v) is 16.5. The smallest absolute Gasteiger partial charge is 0.431 e. The van der Waals surface area contributed by atoms with Gasteiger partial charge in [0.05, 0.1) is 0 Å². The van der Waals surface area contributed by atoms with Crippen molar-refractivity contribution in [3.63, 3.8) is 0 Å². The highest BCUT2D eigenvalue weighted by Gasteiger charge is 2.28. The molecule has 2 saturated carbocycles. The molecule has 2 aliphatic rings. The minimum Gasteiger partial charge on any atom is -0.431 e. The summed E-state index contributed by atoms with van der Waals surface area (Å²) in [5.74, 6) is 1.18. The molecular weight excluding hydrogens is 348 g/mol. The van der Waals surface area contributed by atoms with Crippen molar-refractivity contribution in [2.75, 3.05) is 0 Å². The maximum Gasteiger partial charge on any atom is 0.508 e. The maximum absolute atomic E-state index is 12.2. The van der Waals surface area contributed by atoms with E-state index in [-0.39, 0.29) is 12.2 Å². The van der Waals surface area contributed by atoms with E-state index in [1.54, 1.807) is 0 Å². The first-order chi connectivity index (χ1) is 13.8. The van der Waals surface area contributed by atoms with Gasteiger partial charge in [0.1, 0.15) is 12.2 Å². The Morgan fingerprint density at radius 3 is 1.29 bits per heavy atom. The van der Waals surface area contributed by atoms with Crippen LogP contribution in [0, 0.1) is 0 Å². The van der Waals surface area contributed by atoms with E-state index in [0.717, 1.165) is 51.4 Å². The van der Waals surface area contributed by atoms with Gasteiger partial charge in [0, 0.05) is 0 Å². The van der Waals surface area contributed by atoms with Crippen molar-refractivity contribution in [2.24, 2.45) is 0 Å². The van der Waals surface area contributed by atoms with Gasteiger partial charge in [0.25, 0.3) is 0 Å². The summed E-state index contributed by atoms with van der Waals surface area (Å²) in [5, 5.41) is 0. The normalized spacial score (nSPS) is 27.7.